The van der Waals surface area contributed by atoms with Gasteiger partial charge in [0.1, 0.15) is 5.82 Å². The quantitative estimate of drug-likeness (QED) is 0.888. The van der Waals surface area contributed by atoms with E-state index in [0.29, 0.717) is 5.56 Å². The molecule has 21 heavy (non-hydrogen) atoms. The molecule has 8 heteroatoms. The number of nitrogens with one attached hydrogen (secondary N) is 1. The number of halogens is 3. The SMILES string of the molecule is O=S(=O)(Nc1ccc(Cl)cc1F)c1ccc(CO)c(Cl)c1. The van der Waals surface area contributed by atoms with Gasteiger partial charge in [-0.15, -0.1) is 0 Å². The van der Waals surface area contributed by atoms with Gasteiger partial charge in [0.25, 0.3) is 10.0 Å². The van der Waals surface area contributed by atoms with E-state index in [4.69, 9.17) is 28.3 Å². The molecule has 112 valence electrons. The van der Waals surface area contributed by atoms with Gasteiger partial charge in [0.15, 0.2) is 0 Å². The molecule has 0 bridgehead atoms. The molecule has 0 saturated carbocycles. The molecule has 4 nitrogen and oxygen atoms in total. The molecule has 0 aliphatic carbocycles. The number of aliphatic hydroxyl groups is 1. The first-order valence-corrected chi connectivity index (χ1v) is 7.94. The number of rotatable bonds is 4. The van der Waals surface area contributed by atoms with E-state index in [9.17, 15) is 12.8 Å². The zero-order valence-corrected chi connectivity index (χ0v) is 12.8. The molecule has 0 amide bonds. The van der Waals surface area contributed by atoms with Crippen LogP contribution >= 0.6 is 23.2 Å². The Balaban J connectivity index is 2.36. The molecule has 0 fully saturated rings. The van der Waals surface area contributed by atoms with E-state index in [1.807, 2.05) is 0 Å². The van der Waals surface area contributed by atoms with Crippen LogP contribution in [0.1, 0.15) is 5.56 Å². The molecule has 0 heterocycles. The molecule has 2 rings (SSSR count). The minimum Gasteiger partial charge on any atom is -0.392 e. The third-order valence-electron chi connectivity index (χ3n) is 2.68. The van der Waals surface area contributed by atoms with Crippen molar-refractivity contribution in [1.29, 1.82) is 0 Å². The number of aliphatic hydroxyl groups excluding tert-OH is 1. The molecule has 0 atom stereocenters. The number of benzene rings is 2. The molecule has 2 aromatic carbocycles. The van der Waals surface area contributed by atoms with E-state index in [1.54, 1.807) is 0 Å². The van der Waals surface area contributed by atoms with E-state index in [0.717, 1.165) is 6.07 Å². The Morgan fingerprint density at radius 1 is 1.14 bits per heavy atom. The maximum absolute atomic E-state index is 13.6. The van der Waals surface area contributed by atoms with Gasteiger partial charge >= 0.3 is 0 Å². The van der Waals surface area contributed by atoms with Crippen molar-refractivity contribution in [2.45, 2.75) is 11.5 Å². The van der Waals surface area contributed by atoms with Crippen LogP contribution in [0.5, 0.6) is 0 Å². The lowest BCUT2D eigenvalue weighted by molar-refractivity contribution is 0.282. The lowest BCUT2D eigenvalue weighted by Gasteiger charge is -2.10. The van der Waals surface area contributed by atoms with E-state index in [-0.39, 0.29) is 27.2 Å². The lowest BCUT2D eigenvalue weighted by Crippen LogP contribution is -2.14. The van der Waals surface area contributed by atoms with Gasteiger partial charge in [0.05, 0.1) is 17.2 Å². The van der Waals surface area contributed by atoms with Crippen LogP contribution in [0.15, 0.2) is 41.3 Å². The summed E-state index contributed by atoms with van der Waals surface area (Å²) in [6, 6.07) is 7.43. The van der Waals surface area contributed by atoms with Crippen molar-refractivity contribution < 1.29 is 17.9 Å². The standard InChI is InChI=1S/C13H10Cl2FNO3S/c14-9-2-4-13(12(16)5-9)17-21(19,20)10-3-1-8(7-18)11(15)6-10/h1-6,17-18H,7H2. The van der Waals surface area contributed by atoms with Gasteiger partial charge in [-0.05, 0) is 35.9 Å². The van der Waals surface area contributed by atoms with Crippen LogP contribution in [-0.2, 0) is 16.6 Å². The average molecular weight is 350 g/mol. The maximum Gasteiger partial charge on any atom is 0.262 e. The molecule has 0 aliphatic rings. The Bertz CT molecular complexity index is 781. The molecule has 0 spiro atoms. The second-order valence-electron chi connectivity index (χ2n) is 4.14. The van der Waals surface area contributed by atoms with Gasteiger partial charge in [-0.1, -0.05) is 29.3 Å². The maximum atomic E-state index is 13.6. The first kappa shape index (κ1) is 16.0. The number of hydrogen-bond acceptors (Lipinski definition) is 3. The zero-order valence-electron chi connectivity index (χ0n) is 10.5. The van der Waals surface area contributed by atoms with Crippen LogP contribution in [-0.4, -0.2) is 13.5 Å². The molecule has 0 radical (unpaired) electrons. The summed E-state index contributed by atoms with van der Waals surface area (Å²) in [5.74, 6) is -0.788. The highest BCUT2D eigenvalue weighted by Gasteiger charge is 2.17. The minimum atomic E-state index is -4.00. The van der Waals surface area contributed by atoms with E-state index < -0.39 is 15.8 Å². The first-order valence-electron chi connectivity index (χ1n) is 5.70. The van der Waals surface area contributed by atoms with Gasteiger partial charge in [-0.2, -0.15) is 0 Å². The molecule has 0 aromatic heterocycles. The molecule has 2 aromatic rings. The van der Waals surface area contributed by atoms with E-state index in [1.165, 1.54) is 30.3 Å². The fourth-order valence-electron chi connectivity index (χ4n) is 1.60. The molecular formula is C13H10Cl2FNO3S. The van der Waals surface area contributed by atoms with Crippen molar-refractivity contribution in [2.24, 2.45) is 0 Å². The summed E-state index contributed by atoms with van der Waals surface area (Å²) < 4.78 is 40.1. The predicted octanol–water partition coefficient (Wildman–Crippen LogP) is 3.43. The average Bonchev–Trinajstić information content (AvgIpc) is 2.42. The molecular weight excluding hydrogens is 340 g/mol. The zero-order chi connectivity index (χ0) is 15.6. The van der Waals surface area contributed by atoms with Crippen molar-refractivity contribution in [1.82, 2.24) is 0 Å². The van der Waals surface area contributed by atoms with Crippen LogP contribution < -0.4 is 4.72 Å². The van der Waals surface area contributed by atoms with Gasteiger partial charge in [-0.25, -0.2) is 12.8 Å². The summed E-state index contributed by atoms with van der Waals surface area (Å²) in [6.07, 6.45) is 0. The van der Waals surface area contributed by atoms with E-state index >= 15 is 0 Å². The summed E-state index contributed by atoms with van der Waals surface area (Å²) in [4.78, 5) is -0.140. The van der Waals surface area contributed by atoms with Gasteiger partial charge in [-0.3, -0.25) is 4.72 Å². The third kappa shape index (κ3) is 3.65. The normalized spacial score (nSPS) is 11.4. The second-order valence-corrected chi connectivity index (χ2v) is 6.67. The van der Waals surface area contributed by atoms with Crippen molar-refractivity contribution >= 4 is 38.9 Å². The van der Waals surface area contributed by atoms with Gasteiger partial charge in [0.2, 0.25) is 0 Å². The number of sulfonamides is 1. The lowest BCUT2D eigenvalue weighted by atomic mass is 10.2. The Hall–Kier alpha value is -1.34. The van der Waals surface area contributed by atoms with Crippen LogP contribution in [0.25, 0.3) is 0 Å². The third-order valence-corrected chi connectivity index (χ3v) is 4.63. The Morgan fingerprint density at radius 2 is 1.86 bits per heavy atom. The summed E-state index contributed by atoms with van der Waals surface area (Å²) in [7, 11) is -4.00. The molecule has 2 N–H and O–H groups in total. The van der Waals surface area contributed by atoms with Crippen molar-refractivity contribution in [3.63, 3.8) is 0 Å². The minimum absolute atomic E-state index is 0.108. The number of anilines is 1. The molecule has 0 saturated heterocycles. The Kier molecular flexibility index (Phi) is 4.73. The van der Waals surface area contributed by atoms with Crippen LogP contribution in [0, 0.1) is 5.82 Å². The topological polar surface area (TPSA) is 66.4 Å². The van der Waals surface area contributed by atoms with E-state index in [2.05, 4.69) is 4.72 Å². The highest BCUT2D eigenvalue weighted by atomic mass is 35.5. The van der Waals surface area contributed by atoms with Crippen molar-refractivity contribution in [3.05, 3.63) is 57.8 Å². The largest absolute Gasteiger partial charge is 0.392 e. The van der Waals surface area contributed by atoms with Crippen LogP contribution in [0.3, 0.4) is 0 Å². The highest BCUT2D eigenvalue weighted by molar-refractivity contribution is 7.92. The Morgan fingerprint density at radius 3 is 2.43 bits per heavy atom. The summed E-state index contributed by atoms with van der Waals surface area (Å²) >= 11 is 11.4. The van der Waals surface area contributed by atoms with Crippen LogP contribution in [0.4, 0.5) is 10.1 Å². The van der Waals surface area contributed by atoms with Crippen LogP contribution in [0.2, 0.25) is 10.0 Å². The van der Waals surface area contributed by atoms with Crippen molar-refractivity contribution in [2.75, 3.05) is 4.72 Å². The highest BCUT2D eigenvalue weighted by Crippen LogP contribution is 2.25. The summed E-state index contributed by atoms with van der Waals surface area (Å²) in [6.45, 7) is -0.307. The fraction of sp³-hybridized carbons (Fsp3) is 0.0769. The molecule has 0 unspecified atom stereocenters. The van der Waals surface area contributed by atoms with Gasteiger partial charge < -0.3 is 5.11 Å². The Labute approximate surface area is 131 Å². The smallest absolute Gasteiger partial charge is 0.262 e. The fourth-order valence-corrected chi connectivity index (χ4v) is 3.16. The molecule has 0 aliphatic heterocycles. The number of hydrogen-bond donors (Lipinski definition) is 2. The van der Waals surface area contributed by atoms with Gasteiger partial charge in [0, 0.05) is 10.0 Å². The monoisotopic (exact) mass is 349 g/mol. The second kappa shape index (κ2) is 6.19. The summed E-state index contributed by atoms with van der Waals surface area (Å²) in [5, 5.41) is 9.26. The predicted molar refractivity (Wildman–Crippen MR) is 79.6 cm³/mol. The van der Waals surface area contributed by atoms with Crippen molar-refractivity contribution in [3.8, 4) is 0 Å². The summed E-state index contributed by atoms with van der Waals surface area (Å²) in [5.41, 5.74) is 0.176. The first-order chi connectivity index (χ1) is 9.83.